The molecule has 1 unspecified atom stereocenters. The second-order valence-electron chi connectivity index (χ2n) is 7.57. The molecule has 0 spiro atoms. The van der Waals surface area contributed by atoms with E-state index in [9.17, 15) is 19.1 Å². The fourth-order valence-electron chi connectivity index (χ4n) is 4.30. The van der Waals surface area contributed by atoms with Crippen molar-refractivity contribution in [3.05, 3.63) is 59.0 Å². The highest BCUT2D eigenvalue weighted by molar-refractivity contribution is 6.02. The summed E-state index contributed by atoms with van der Waals surface area (Å²) in [7, 11) is 0. The standard InChI is InChI=1S/C21H19FN4O3/c22-15-8-6-12-13(19(15)11-4-5-11)7-9-17(12)25-20(27)24-16-2-1-3-18-14(16)10-23-26(18)21(28)29/h1-3,6,8,10-11,17H,4-5,7,9H2,(H,28,29)(H2,24,25,27). The molecule has 3 aromatic rings. The van der Waals surface area contributed by atoms with Crippen LogP contribution in [0.5, 0.6) is 0 Å². The molecule has 2 aliphatic carbocycles. The second-order valence-corrected chi connectivity index (χ2v) is 7.57. The number of amides is 2. The average Bonchev–Trinajstić information content (AvgIpc) is 3.28. The van der Waals surface area contributed by atoms with E-state index in [1.807, 2.05) is 0 Å². The van der Waals surface area contributed by atoms with Crippen molar-refractivity contribution in [2.45, 2.75) is 37.6 Å². The van der Waals surface area contributed by atoms with Gasteiger partial charge in [-0.15, -0.1) is 0 Å². The summed E-state index contributed by atoms with van der Waals surface area (Å²) >= 11 is 0. The van der Waals surface area contributed by atoms with Crippen LogP contribution in [0.4, 0.5) is 19.7 Å². The molecule has 0 saturated heterocycles. The molecule has 148 valence electrons. The lowest BCUT2D eigenvalue weighted by molar-refractivity contribution is 0.194. The van der Waals surface area contributed by atoms with E-state index in [1.165, 1.54) is 12.3 Å². The van der Waals surface area contributed by atoms with Gasteiger partial charge in [-0.3, -0.25) is 0 Å². The van der Waals surface area contributed by atoms with Crippen molar-refractivity contribution < 1.29 is 19.1 Å². The maximum atomic E-state index is 14.3. The zero-order valence-electron chi connectivity index (χ0n) is 15.5. The Morgan fingerprint density at radius 3 is 2.76 bits per heavy atom. The van der Waals surface area contributed by atoms with E-state index in [0.717, 1.165) is 47.1 Å². The topological polar surface area (TPSA) is 96.2 Å². The number of carboxylic acid groups (broad SMARTS) is 1. The van der Waals surface area contributed by atoms with Crippen LogP contribution in [-0.4, -0.2) is 27.0 Å². The third-order valence-corrected chi connectivity index (χ3v) is 5.73. The van der Waals surface area contributed by atoms with Crippen LogP contribution < -0.4 is 10.6 Å². The van der Waals surface area contributed by atoms with Crippen molar-refractivity contribution in [1.29, 1.82) is 0 Å². The lowest BCUT2D eigenvalue weighted by atomic mass is 9.98. The highest BCUT2D eigenvalue weighted by Crippen LogP contribution is 2.47. The zero-order valence-corrected chi connectivity index (χ0v) is 15.5. The fourth-order valence-corrected chi connectivity index (χ4v) is 4.30. The van der Waals surface area contributed by atoms with E-state index in [0.29, 0.717) is 22.5 Å². The lowest BCUT2D eigenvalue weighted by Crippen LogP contribution is -2.31. The predicted octanol–water partition coefficient (Wildman–Crippen LogP) is 4.39. The Morgan fingerprint density at radius 1 is 1.17 bits per heavy atom. The Morgan fingerprint density at radius 2 is 2.00 bits per heavy atom. The predicted molar refractivity (Wildman–Crippen MR) is 105 cm³/mol. The molecule has 5 rings (SSSR count). The molecule has 7 nitrogen and oxygen atoms in total. The van der Waals surface area contributed by atoms with Crippen LogP contribution in [0.25, 0.3) is 10.9 Å². The largest absolute Gasteiger partial charge is 0.463 e. The van der Waals surface area contributed by atoms with E-state index < -0.39 is 12.1 Å². The highest BCUT2D eigenvalue weighted by Gasteiger charge is 2.34. The Labute approximate surface area is 165 Å². The van der Waals surface area contributed by atoms with Gasteiger partial charge in [0.05, 0.1) is 23.4 Å². The second kappa shape index (κ2) is 6.58. The Bertz CT molecular complexity index is 1150. The molecular weight excluding hydrogens is 375 g/mol. The summed E-state index contributed by atoms with van der Waals surface area (Å²) in [5.41, 5.74) is 3.73. The Balaban J connectivity index is 1.36. The SMILES string of the molecule is O=C(Nc1cccc2c1cnn2C(=O)O)NC1CCc2c1ccc(F)c2C1CC1. The summed E-state index contributed by atoms with van der Waals surface area (Å²) in [4.78, 5) is 23.9. The monoisotopic (exact) mass is 394 g/mol. The minimum atomic E-state index is -1.19. The molecular formula is C21H19FN4O3. The van der Waals surface area contributed by atoms with E-state index in [4.69, 9.17) is 0 Å². The first kappa shape index (κ1) is 17.7. The third-order valence-electron chi connectivity index (χ3n) is 5.73. The van der Waals surface area contributed by atoms with Gasteiger partial charge in [0.25, 0.3) is 0 Å². The molecule has 1 heterocycles. The first-order valence-electron chi connectivity index (χ1n) is 9.61. The highest BCUT2D eigenvalue weighted by atomic mass is 19.1. The van der Waals surface area contributed by atoms with Crippen LogP contribution in [0.3, 0.4) is 0 Å². The normalized spacial score (nSPS) is 17.9. The minimum Gasteiger partial charge on any atom is -0.463 e. The number of hydrogen-bond donors (Lipinski definition) is 3. The van der Waals surface area contributed by atoms with Gasteiger partial charge in [-0.05, 0) is 66.5 Å². The fraction of sp³-hybridized carbons (Fsp3) is 0.286. The first-order valence-corrected chi connectivity index (χ1v) is 9.61. The molecule has 1 aromatic heterocycles. The van der Waals surface area contributed by atoms with Crippen molar-refractivity contribution in [1.82, 2.24) is 15.1 Å². The number of halogens is 1. The van der Waals surface area contributed by atoms with Crippen molar-refractivity contribution in [3.8, 4) is 0 Å². The maximum absolute atomic E-state index is 14.3. The average molecular weight is 394 g/mol. The van der Waals surface area contributed by atoms with Gasteiger partial charge in [-0.2, -0.15) is 9.78 Å². The molecule has 1 fully saturated rings. The Hall–Kier alpha value is -3.42. The molecule has 29 heavy (non-hydrogen) atoms. The van der Waals surface area contributed by atoms with Crippen LogP contribution in [0, 0.1) is 5.82 Å². The number of benzene rings is 2. The molecule has 1 saturated carbocycles. The molecule has 2 aromatic carbocycles. The Kier molecular flexibility index (Phi) is 4.01. The van der Waals surface area contributed by atoms with Crippen molar-refractivity contribution >= 4 is 28.7 Å². The van der Waals surface area contributed by atoms with Gasteiger partial charge < -0.3 is 15.7 Å². The van der Waals surface area contributed by atoms with Crippen LogP contribution >= 0.6 is 0 Å². The molecule has 2 aliphatic rings. The third kappa shape index (κ3) is 3.00. The molecule has 0 bridgehead atoms. The molecule has 0 aliphatic heterocycles. The van der Waals surface area contributed by atoms with E-state index in [2.05, 4.69) is 15.7 Å². The maximum Gasteiger partial charge on any atom is 0.432 e. The number of carbonyl (C=O) groups excluding carboxylic acids is 1. The van der Waals surface area contributed by atoms with Crippen molar-refractivity contribution in [3.63, 3.8) is 0 Å². The lowest BCUT2D eigenvalue weighted by Gasteiger charge is -2.16. The number of fused-ring (bicyclic) bond motifs is 2. The molecule has 0 radical (unpaired) electrons. The van der Waals surface area contributed by atoms with Crippen LogP contribution in [0.2, 0.25) is 0 Å². The number of nitrogens with one attached hydrogen (secondary N) is 2. The number of hydrogen-bond acceptors (Lipinski definition) is 3. The van der Waals surface area contributed by atoms with Crippen LogP contribution in [-0.2, 0) is 6.42 Å². The summed E-state index contributed by atoms with van der Waals surface area (Å²) in [6.45, 7) is 0. The van der Waals surface area contributed by atoms with Gasteiger partial charge in [0.1, 0.15) is 5.82 Å². The van der Waals surface area contributed by atoms with Gasteiger partial charge in [0, 0.05) is 5.39 Å². The summed E-state index contributed by atoms with van der Waals surface area (Å²) in [6.07, 6.45) is 3.76. The molecule has 8 heteroatoms. The van der Waals surface area contributed by atoms with Gasteiger partial charge in [0.2, 0.25) is 0 Å². The smallest absolute Gasteiger partial charge is 0.432 e. The quantitative estimate of drug-likeness (QED) is 0.614. The number of aromatic nitrogens is 2. The van der Waals surface area contributed by atoms with Crippen LogP contribution in [0.15, 0.2) is 36.5 Å². The minimum absolute atomic E-state index is 0.140. The van der Waals surface area contributed by atoms with Crippen molar-refractivity contribution in [2.24, 2.45) is 0 Å². The number of urea groups is 1. The van der Waals surface area contributed by atoms with Gasteiger partial charge in [-0.25, -0.2) is 14.0 Å². The van der Waals surface area contributed by atoms with E-state index in [-0.39, 0.29) is 11.9 Å². The molecule has 1 atom stereocenters. The number of rotatable bonds is 3. The number of nitrogens with zero attached hydrogens (tertiary/aromatic N) is 2. The molecule has 2 amide bonds. The van der Waals surface area contributed by atoms with Crippen molar-refractivity contribution in [2.75, 3.05) is 5.32 Å². The van der Waals surface area contributed by atoms with Crippen LogP contribution in [0.1, 0.15) is 47.9 Å². The van der Waals surface area contributed by atoms with Gasteiger partial charge in [0.15, 0.2) is 0 Å². The first-order chi connectivity index (χ1) is 14.0. The summed E-state index contributed by atoms with van der Waals surface area (Å²) < 4.78 is 15.1. The summed E-state index contributed by atoms with van der Waals surface area (Å²) in [6, 6.07) is 7.69. The summed E-state index contributed by atoms with van der Waals surface area (Å²) in [5.74, 6) is 0.180. The summed E-state index contributed by atoms with van der Waals surface area (Å²) in [5, 5.41) is 19.3. The molecule has 3 N–H and O–H groups in total. The van der Waals surface area contributed by atoms with Gasteiger partial charge in [-0.1, -0.05) is 12.1 Å². The van der Waals surface area contributed by atoms with E-state index >= 15 is 0 Å². The van der Waals surface area contributed by atoms with E-state index in [1.54, 1.807) is 24.3 Å². The number of carbonyl (C=O) groups is 2. The van der Waals surface area contributed by atoms with Gasteiger partial charge >= 0.3 is 12.1 Å². The zero-order chi connectivity index (χ0) is 20.1. The number of anilines is 1.